The van der Waals surface area contributed by atoms with Crippen molar-refractivity contribution in [3.05, 3.63) is 59.3 Å². The van der Waals surface area contributed by atoms with Gasteiger partial charge in [0, 0.05) is 19.0 Å². The van der Waals surface area contributed by atoms with Gasteiger partial charge in [0.15, 0.2) is 0 Å². The maximum Gasteiger partial charge on any atom is 0.0881 e. The molecule has 0 fully saturated rings. The molecule has 0 atom stereocenters. The van der Waals surface area contributed by atoms with Gasteiger partial charge in [0.1, 0.15) is 0 Å². The highest BCUT2D eigenvalue weighted by molar-refractivity contribution is 5.86. The lowest BCUT2D eigenvalue weighted by Gasteiger charge is -2.08. The highest BCUT2D eigenvalue weighted by Gasteiger charge is 2.16. The molecule has 0 N–H and O–H groups in total. The van der Waals surface area contributed by atoms with Crippen LogP contribution in [-0.2, 0) is 0 Å². The van der Waals surface area contributed by atoms with Crippen LogP contribution in [0, 0.1) is 6.92 Å². The van der Waals surface area contributed by atoms with E-state index >= 15 is 0 Å². The van der Waals surface area contributed by atoms with E-state index in [1.165, 1.54) is 5.57 Å². The number of rotatable bonds is 4. The summed E-state index contributed by atoms with van der Waals surface area (Å²) in [6.07, 6.45) is 4.82. The molecule has 3 nitrogen and oxygen atoms in total. The second kappa shape index (κ2) is 8.10. The molecule has 0 saturated heterocycles. The summed E-state index contributed by atoms with van der Waals surface area (Å²) in [4.78, 5) is 4.06. The highest BCUT2D eigenvalue weighted by atomic mass is 15.1. The third-order valence-electron chi connectivity index (χ3n) is 3.21. The van der Waals surface area contributed by atoms with Crippen LogP contribution < -0.4 is 0 Å². The van der Waals surface area contributed by atoms with Gasteiger partial charge >= 0.3 is 0 Å². The van der Waals surface area contributed by atoms with Crippen LogP contribution in [-0.4, -0.2) is 13.8 Å². The number of nitrogens with zero attached hydrogens (tertiary/aromatic N) is 3. The molecule has 0 radical (unpaired) electrons. The average molecular weight is 281 g/mol. The van der Waals surface area contributed by atoms with Gasteiger partial charge < -0.3 is 0 Å². The van der Waals surface area contributed by atoms with Crippen molar-refractivity contribution in [3.63, 3.8) is 0 Å². The molecule has 0 bridgehead atoms. The molecule has 1 aliphatic rings. The zero-order valence-electron chi connectivity index (χ0n) is 13.3. The largest absolute Gasteiger partial charge is 0.268 e. The molecule has 3 heteroatoms. The normalized spacial score (nSPS) is 13.8. The standard InChI is InChI=1S/C16H17N3.C2H6/c1-5-13-14(7-9-16(13)17-3)12-6-8-15(19-18-4)11(2)10-12;1-2/h5-8,10H,1,3,9H2,2,4H3;1-2H3. The Hall–Kier alpha value is -2.29. The van der Waals surface area contributed by atoms with Crippen molar-refractivity contribution >= 4 is 18.0 Å². The highest BCUT2D eigenvalue weighted by Crippen LogP contribution is 2.36. The van der Waals surface area contributed by atoms with Gasteiger partial charge in [-0.15, -0.1) is 0 Å². The van der Waals surface area contributed by atoms with Crippen molar-refractivity contribution in [2.75, 3.05) is 7.05 Å². The fourth-order valence-corrected chi connectivity index (χ4v) is 2.27. The second-order valence-corrected chi connectivity index (χ2v) is 4.35. The molecule has 0 amide bonds. The molecule has 0 spiro atoms. The average Bonchev–Trinajstić information content (AvgIpc) is 2.94. The third kappa shape index (κ3) is 3.63. The van der Waals surface area contributed by atoms with Gasteiger partial charge in [-0.25, -0.2) is 0 Å². The molecule has 110 valence electrons. The number of hydrogen-bond donors (Lipinski definition) is 0. The first-order valence-corrected chi connectivity index (χ1v) is 7.15. The van der Waals surface area contributed by atoms with E-state index in [9.17, 15) is 0 Å². The topological polar surface area (TPSA) is 37.1 Å². The molecule has 2 rings (SSSR count). The zero-order chi connectivity index (χ0) is 15.8. The number of allylic oxidation sites excluding steroid dienone is 4. The van der Waals surface area contributed by atoms with Gasteiger partial charge in [0.2, 0.25) is 0 Å². The van der Waals surface area contributed by atoms with Crippen LogP contribution in [0.1, 0.15) is 31.4 Å². The first-order valence-electron chi connectivity index (χ1n) is 7.15. The Morgan fingerprint density at radius 2 is 1.95 bits per heavy atom. The molecule has 0 unspecified atom stereocenters. The van der Waals surface area contributed by atoms with Gasteiger partial charge in [-0.2, -0.15) is 10.2 Å². The van der Waals surface area contributed by atoms with E-state index in [2.05, 4.69) is 46.7 Å². The van der Waals surface area contributed by atoms with Crippen molar-refractivity contribution in [1.29, 1.82) is 0 Å². The molecule has 21 heavy (non-hydrogen) atoms. The lowest BCUT2D eigenvalue weighted by atomic mass is 9.98. The van der Waals surface area contributed by atoms with Crippen molar-refractivity contribution < 1.29 is 0 Å². The van der Waals surface area contributed by atoms with E-state index in [1.54, 1.807) is 7.05 Å². The molecule has 1 aliphatic carbocycles. The van der Waals surface area contributed by atoms with Crippen LogP contribution in [0.3, 0.4) is 0 Å². The van der Waals surface area contributed by atoms with Gasteiger partial charge in [0.25, 0.3) is 0 Å². The Morgan fingerprint density at radius 3 is 2.48 bits per heavy atom. The third-order valence-corrected chi connectivity index (χ3v) is 3.21. The summed E-state index contributed by atoms with van der Waals surface area (Å²) in [6, 6.07) is 6.16. The minimum atomic E-state index is 0.815. The minimum Gasteiger partial charge on any atom is -0.268 e. The maximum absolute atomic E-state index is 4.09. The monoisotopic (exact) mass is 281 g/mol. The Bertz CT molecular complexity index is 619. The van der Waals surface area contributed by atoms with Crippen molar-refractivity contribution in [2.24, 2.45) is 15.2 Å². The van der Waals surface area contributed by atoms with E-state index < -0.39 is 0 Å². The first kappa shape index (κ1) is 16.8. The van der Waals surface area contributed by atoms with Crippen molar-refractivity contribution in [2.45, 2.75) is 27.2 Å². The van der Waals surface area contributed by atoms with Crippen LogP contribution in [0.2, 0.25) is 0 Å². The molecular weight excluding hydrogens is 258 g/mol. The van der Waals surface area contributed by atoms with E-state index in [0.717, 1.165) is 34.5 Å². The fourth-order valence-electron chi connectivity index (χ4n) is 2.27. The smallest absolute Gasteiger partial charge is 0.0881 e. The molecule has 1 aromatic rings. The number of hydrogen-bond acceptors (Lipinski definition) is 3. The van der Waals surface area contributed by atoms with E-state index in [1.807, 2.05) is 32.9 Å². The van der Waals surface area contributed by atoms with Crippen molar-refractivity contribution in [1.82, 2.24) is 0 Å². The number of benzene rings is 1. The molecular formula is C18H23N3. The lowest BCUT2D eigenvalue weighted by molar-refractivity contribution is 1.15. The Labute approximate surface area is 127 Å². The van der Waals surface area contributed by atoms with Gasteiger partial charge in [0.05, 0.1) is 11.4 Å². The summed E-state index contributed by atoms with van der Waals surface area (Å²) >= 11 is 0. The summed E-state index contributed by atoms with van der Waals surface area (Å²) in [6.45, 7) is 13.5. The van der Waals surface area contributed by atoms with Crippen LogP contribution in [0.25, 0.3) is 5.57 Å². The zero-order valence-corrected chi connectivity index (χ0v) is 13.3. The molecule has 0 aromatic heterocycles. The number of aliphatic imine (C=N–C) groups is 1. The van der Waals surface area contributed by atoms with Gasteiger partial charge in [-0.05, 0) is 42.5 Å². The van der Waals surface area contributed by atoms with Crippen LogP contribution in [0.15, 0.2) is 63.4 Å². The summed E-state index contributed by atoms with van der Waals surface area (Å²) in [5.41, 5.74) is 6.38. The lowest BCUT2D eigenvalue weighted by Crippen LogP contribution is -1.87. The van der Waals surface area contributed by atoms with E-state index in [-0.39, 0.29) is 0 Å². The van der Waals surface area contributed by atoms with Crippen LogP contribution in [0.5, 0.6) is 0 Å². The SMILES string of the molecule is C=CC1=C(N=C)CC=C1c1ccc(N=NC)c(C)c1.CC. The van der Waals surface area contributed by atoms with Crippen molar-refractivity contribution in [3.8, 4) is 0 Å². The summed E-state index contributed by atoms with van der Waals surface area (Å²) < 4.78 is 0. The molecule has 0 aliphatic heterocycles. The van der Waals surface area contributed by atoms with Crippen LogP contribution >= 0.6 is 0 Å². The van der Waals surface area contributed by atoms with E-state index in [4.69, 9.17) is 0 Å². The van der Waals surface area contributed by atoms with Gasteiger partial charge in [-0.1, -0.05) is 38.6 Å². The Balaban J connectivity index is 0.00000106. The van der Waals surface area contributed by atoms with E-state index in [0.29, 0.717) is 0 Å². The summed E-state index contributed by atoms with van der Waals surface area (Å²) in [5, 5.41) is 7.90. The summed E-state index contributed by atoms with van der Waals surface area (Å²) in [5.74, 6) is 0. The number of aryl methyl sites for hydroxylation is 1. The fraction of sp³-hybridized carbons (Fsp3) is 0.278. The Kier molecular flexibility index (Phi) is 6.47. The predicted octanol–water partition coefficient (Wildman–Crippen LogP) is 5.66. The molecule has 0 heterocycles. The second-order valence-electron chi connectivity index (χ2n) is 4.35. The Morgan fingerprint density at radius 1 is 1.24 bits per heavy atom. The first-order chi connectivity index (χ1) is 10.2. The van der Waals surface area contributed by atoms with Gasteiger partial charge in [-0.3, -0.25) is 4.99 Å². The number of azo groups is 1. The molecule has 0 saturated carbocycles. The predicted molar refractivity (Wildman–Crippen MR) is 92.3 cm³/mol. The molecule has 1 aromatic carbocycles. The summed E-state index contributed by atoms with van der Waals surface area (Å²) in [7, 11) is 1.67. The quantitative estimate of drug-likeness (QED) is 0.504. The maximum atomic E-state index is 4.09. The van der Waals surface area contributed by atoms with Crippen LogP contribution in [0.4, 0.5) is 5.69 Å². The minimum absolute atomic E-state index is 0.815.